The van der Waals surface area contributed by atoms with Gasteiger partial charge in [-0.15, -0.1) is 0 Å². The number of halogens is 1. The summed E-state index contributed by atoms with van der Waals surface area (Å²) in [5.41, 5.74) is 1.48. The molecule has 1 amide bonds. The number of likely N-dealkylation sites (tertiary alicyclic amines) is 1. The maximum Gasteiger partial charge on any atom is 0.264 e. The van der Waals surface area contributed by atoms with E-state index in [1.807, 2.05) is 30.3 Å². The molecular weight excluding hydrogens is 472 g/mol. The molecule has 1 aliphatic heterocycles. The van der Waals surface area contributed by atoms with Crippen LogP contribution < -0.4 is 4.31 Å². The molecule has 34 heavy (non-hydrogen) atoms. The average molecular weight is 499 g/mol. The zero-order chi connectivity index (χ0) is 24.1. The van der Waals surface area contributed by atoms with E-state index in [1.165, 1.54) is 16.4 Å². The normalized spacial score (nSPS) is 16.3. The van der Waals surface area contributed by atoms with Crippen molar-refractivity contribution in [3.8, 4) is 0 Å². The number of aliphatic hydroxyl groups is 1. The number of carbonyl (C=O) groups excluding carboxylic acids is 1. The second-order valence-electron chi connectivity index (χ2n) is 8.42. The lowest BCUT2D eigenvalue weighted by Gasteiger charge is -2.32. The van der Waals surface area contributed by atoms with Crippen LogP contribution >= 0.6 is 11.6 Å². The van der Waals surface area contributed by atoms with Crippen molar-refractivity contribution in [1.29, 1.82) is 0 Å². The van der Waals surface area contributed by atoms with E-state index in [0.29, 0.717) is 29.4 Å². The molecule has 1 atom stereocenters. The Morgan fingerprint density at radius 1 is 1.03 bits per heavy atom. The third-order valence-corrected chi connectivity index (χ3v) is 8.10. The fraction of sp³-hybridized carbons (Fsp3) is 0.269. The molecule has 1 saturated heterocycles. The number of carbonyl (C=O) groups is 1. The number of sulfonamides is 1. The molecule has 3 aromatic rings. The van der Waals surface area contributed by atoms with E-state index in [-0.39, 0.29) is 29.9 Å². The SMILES string of the molecule is O=C(c1cccc(S(=O)(=O)N(Cc2ccccc2)c2ccccc2Cl)c1)N1CCCC(CO)C1. The standard InChI is InChI=1S/C26H27ClN2O4S/c27-24-13-4-5-14-25(24)29(18-20-8-2-1-3-9-20)34(32,33)23-12-6-11-22(16-23)26(31)28-15-7-10-21(17-28)19-30/h1-6,8-9,11-14,16,21,30H,7,10,15,17-19H2. The van der Waals surface area contributed by atoms with Crippen molar-refractivity contribution in [2.75, 3.05) is 24.0 Å². The number of para-hydroxylation sites is 1. The Labute approximate surface area is 205 Å². The minimum Gasteiger partial charge on any atom is -0.396 e. The number of rotatable bonds is 7. The van der Waals surface area contributed by atoms with Gasteiger partial charge in [-0.3, -0.25) is 9.10 Å². The van der Waals surface area contributed by atoms with Crippen molar-refractivity contribution in [3.05, 3.63) is 95.0 Å². The second kappa shape index (κ2) is 10.6. The summed E-state index contributed by atoms with van der Waals surface area (Å²) in [6.45, 7) is 1.18. The summed E-state index contributed by atoms with van der Waals surface area (Å²) in [5, 5.41) is 9.81. The Hall–Kier alpha value is -2.87. The number of piperidine rings is 1. The zero-order valence-electron chi connectivity index (χ0n) is 18.7. The fourth-order valence-electron chi connectivity index (χ4n) is 4.20. The molecule has 4 rings (SSSR count). The molecule has 178 valence electrons. The molecule has 1 N–H and O–H groups in total. The van der Waals surface area contributed by atoms with Gasteiger partial charge in [0.05, 0.1) is 22.2 Å². The molecular formula is C26H27ClN2O4S. The molecule has 0 aliphatic carbocycles. The lowest BCUT2D eigenvalue weighted by molar-refractivity contribution is 0.0620. The van der Waals surface area contributed by atoms with Crippen molar-refractivity contribution in [3.63, 3.8) is 0 Å². The Kier molecular flexibility index (Phi) is 7.56. The van der Waals surface area contributed by atoms with Crippen LogP contribution in [0.25, 0.3) is 0 Å². The lowest BCUT2D eigenvalue weighted by atomic mass is 9.98. The topological polar surface area (TPSA) is 77.9 Å². The van der Waals surface area contributed by atoms with Crippen LogP contribution in [0.4, 0.5) is 5.69 Å². The third kappa shape index (κ3) is 5.27. The van der Waals surface area contributed by atoms with E-state index in [0.717, 1.165) is 18.4 Å². The first-order chi connectivity index (χ1) is 16.4. The highest BCUT2D eigenvalue weighted by Gasteiger charge is 2.29. The molecule has 6 nitrogen and oxygen atoms in total. The van der Waals surface area contributed by atoms with Crippen molar-refractivity contribution in [2.24, 2.45) is 5.92 Å². The van der Waals surface area contributed by atoms with Crippen LogP contribution in [-0.4, -0.2) is 44.0 Å². The van der Waals surface area contributed by atoms with Gasteiger partial charge >= 0.3 is 0 Å². The molecule has 1 heterocycles. The van der Waals surface area contributed by atoms with Crippen molar-refractivity contribution in [1.82, 2.24) is 4.90 Å². The predicted molar refractivity (Wildman–Crippen MR) is 133 cm³/mol. The Balaban J connectivity index is 1.69. The van der Waals surface area contributed by atoms with Crippen LogP contribution in [0.5, 0.6) is 0 Å². The van der Waals surface area contributed by atoms with Crippen molar-refractivity contribution >= 4 is 33.2 Å². The van der Waals surface area contributed by atoms with E-state index in [4.69, 9.17) is 11.6 Å². The summed E-state index contributed by atoms with van der Waals surface area (Å²) in [5.74, 6) is -0.186. The number of hydrogen-bond donors (Lipinski definition) is 1. The molecule has 0 saturated carbocycles. The van der Waals surface area contributed by atoms with Gasteiger partial charge in [0, 0.05) is 25.3 Å². The van der Waals surface area contributed by atoms with Crippen molar-refractivity contribution in [2.45, 2.75) is 24.3 Å². The molecule has 0 spiro atoms. The molecule has 1 aliphatic rings. The summed E-state index contributed by atoms with van der Waals surface area (Å²) in [4.78, 5) is 14.8. The van der Waals surface area contributed by atoms with Gasteiger partial charge in [-0.2, -0.15) is 0 Å². The quantitative estimate of drug-likeness (QED) is 0.517. The van der Waals surface area contributed by atoms with Gasteiger partial charge in [0.1, 0.15) is 0 Å². The Morgan fingerprint density at radius 2 is 1.76 bits per heavy atom. The summed E-state index contributed by atoms with van der Waals surface area (Å²) < 4.78 is 29.0. The van der Waals surface area contributed by atoms with Gasteiger partial charge in [-0.1, -0.05) is 60.1 Å². The maximum absolute atomic E-state index is 13.8. The number of amides is 1. The number of benzene rings is 3. The molecule has 0 radical (unpaired) electrons. The maximum atomic E-state index is 13.8. The first-order valence-electron chi connectivity index (χ1n) is 11.2. The average Bonchev–Trinajstić information content (AvgIpc) is 2.88. The predicted octanol–water partition coefficient (Wildman–Crippen LogP) is 4.58. The Morgan fingerprint density at radius 3 is 2.50 bits per heavy atom. The van der Waals surface area contributed by atoms with Gasteiger partial charge in [-0.05, 0) is 54.7 Å². The van der Waals surface area contributed by atoms with Crippen LogP contribution in [0.15, 0.2) is 83.8 Å². The second-order valence-corrected chi connectivity index (χ2v) is 10.7. The molecule has 0 aromatic heterocycles. The van der Waals surface area contributed by atoms with E-state index in [1.54, 1.807) is 41.3 Å². The Bertz CT molecular complexity index is 1250. The highest BCUT2D eigenvalue weighted by molar-refractivity contribution is 7.92. The van der Waals surface area contributed by atoms with Crippen LogP contribution in [0.2, 0.25) is 5.02 Å². The first-order valence-corrected chi connectivity index (χ1v) is 13.0. The van der Waals surface area contributed by atoms with Gasteiger partial charge in [0.15, 0.2) is 0 Å². The van der Waals surface area contributed by atoms with E-state index >= 15 is 0 Å². The molecule has 0 bridgehead atoms. The summed E-state index contributed by atoms with van der Waals surface area (Å²) in [6, 6.07) is 22.2. The van der Waals surface area contributed by atoms with E-state index in [2.05, 4.69) is 0 Å². The summed E-state index contributed by atoms with van der Waals surface area (Å²) >= 11 is 6.40. The van der Waals surface area contributed by atoms with E-state index < -0.39 is 10.0 Å². The minimum absolute atomic E-state index is 0.0184. The largest absolute Gasteiger partial charge is 0.396 e. The van der Waals surface area contributed by atoms with Crippen LogP contribution in [0.1, 0.15) is 28.8 Å². The van der Waals surface area contributed by atoms with Crippen LogP contribution in [0, 0.1) is 5.92 Å². The highest BCUT2D eigenvalue weighted by Crippen LogP contribution is 2.32. The molecule has 1 fully saturated rings. The van der Waals surface area contributed by atoms with Gasteiger partial charge in [-0.25, -0.2) is 8.42 Å². The van der Waals surface area contributed by atoms with Gasteiger partial charge in [0.25, 0.3) is 15.9 Å². The number of nitrogens with zero attached hydrogens (tertiary/aromatic N) is 2. The highest BCUT2D eigenvalue weighted by atomic mass is 35.5. The third-order valence-electron chi connectivity index (χ3n) is 6.02. The fourth-order valence-corrected chi connectivity index (χ4v) is 6.01. The summed E-state index contributed by atoms with van der Waals surface area (Å²) in [6.07, 6.45) is 1.69. The van der Waals surface area contributed by atoms with Crippen LogP contribution in [-0.2, 0) is 16.6 Å². The number of anilines is 1. The number of hydrogen-bond acceptors (Lipinski definition) is 4. The smallest absolute Gasteiger partial charge is 0.264 e. The molecule has 1 unspecified atom stereocenters. The summed E-state index contributed by atoms with van der Waals surface area (Å²) in [7, 11) is -4.04. The molecule has 8 heteroatoms. The zero-order valence-corrected chi connectivity index (χ0v) is 20.3. The first kappa shape index (κ1) is 24.3. The van der Waals surface area contributed by atoms with Gasteiger partial charge < -0.3 is 10.0 Å². The van der Waals surface area contributed by atoms with Crippen molar-refractivity contribution < 1.29 is 18.3 Å². The monoisotopic (exact) mass is 498 g/mol. The number of aliphatic hydroxyl groups excluding tert-OH is 1. The van der Waals surface area contributed by atoms with E-state index in [9.17, 15) is 18.3 Å². The van der Waals surface area contributed by atoms with Gasteiger partial charge in [0.2, 0.25) is 0 Å². The lowest BCUT2D eigenvalue weighted by Crippen LogP contribution is -2.41. The minimum atomic E-state index is -4.04. The van der Waals surface area contributed by atoms with Crippen LogP contribution in [0.3, 0.4) is 0 Å². The molecule has 3 aromatic carbocycles.